The first-order chi connectivity index (χ1) is 17.5. The van der Waals surface area contributed by atoms with Gasteiger partial charge in [-0.1, -0.05) is 36.4 Å². The van der Waals surface area contributed by atoms with Crippen LogP contribution in [-0.2, 0) is 16.6 Å². The number of aryl methyl sites for hydroxylation is 1. The van der Waals surface area contributed by atoms with Gasteiger partial charge in [-0.3, -0.25) is 4.72 Å². The number of aliphatic hydroxyl groups is 1. The Kier molecular flexibility index (Phi) is 7.68. The summed E-state index contributed by atoms with van der Waals surface area (Å²) in [5, 5.41) is 24.5. The van der Waals surface area contributed by atoms with Crippen LogP contribution in [0.3, 0.4) is 0 Å². The third-order valence-electron chi connectivity index (χ3n) is 6.35. The van der Waals surface area contributed by atoms with Gasteiger partial charge in [0.25, 0.3) is 10.0 Å². The molecule has 1 aromatic heterocycles. The standard InChI is InChI=1S/C28H31N3O5S/c1-28(2,14-16-31-15-13-20-11-12-22(27(33)34)18-25(20)31)29-19-26(32)21-7-6-8-23(17-21)30-37(35,36)24-9-4-3-5-10-24/h3-13,15,17-18,26,29-30,32H,14,16,19H2,1-2H3,(H,33,34). The number of anilines is 1. The van der Waals surface area contributed by atoms with Crippen molar-refractivity contribution < 1.29 is 23.4 Å². The number of fused-ring (bicyclic) bond motifs is 1. The van der Waals surface area contributed by atoms with E-state index < -0.39 is 22.1 Å². The maximum atomic E-state index is 12.6. The Morgan fingerprint density at radius 3 is 2.49 bits per heavy atom. The molecule has 0 fully saturated rings. The summed E-state index contributed by atoms with van der Waals surface area (Å²) in [6.07, 6.45) is 1.84. The zero-order chi connectivity index (χ0) is 26.6. The van der Waals surface area contributed by atoms with Gasteiger partial charge in [-0.25, -0.2) is 13.2 Å². The summed E-state index contributed by atoms with van der Waals surface area (Å²) in [6, 6.07) is 21.9. The second-order valence-corrected chi connectivity index (χ2v) is 11.3. The summed E-state index contributed by atoms with van der Waals surface area (Å²) in [5.74, 6) is -0.956. The number of benzene rings is 3. The number of β-amino-alcohol motifs (C(OH)–C–C–N with tert-alkyl or cyclic N) is 1. The van der Waals surface area contributed by atoms with Crippen molar-refractivity contribution in [3.05, 3.63) is 96.2 Å². The summed E-state index contributed by atoms with van der Waals surface area (Å²) in [6.45, 7) is 5.02. The van der Waals surface area contributed by atoms with Crippen LogP contribution in [0.2, 0.25) is 0 Å². The minimum Gasteiger partial charge on any atom is -0.478 e. The number of hydrogen-bond donors (Lipinski definition) is 4. The highest BCUT2D eigenvalue weighted by atomic mass is 32.2. The Balaban J connectivity index is 1.37. The van der Waals surface area contributed by atoms with E-state index in [-0.39, 0.29) is 22.5 Å². The molecule has 9 heteroatoms. The van der Waals surface area contributed by atoms with Crippen LogP contribution in [0, 0.1) is 0 Å². The van der Waals surface area contributed by atoms with Gasteiger partial charge in [0.05, 0.1) is 16.6 Å². The number of aliphatic hydroxyl groups excluding tert-OH is 1. The number of carboxylic acids is 1. The smallest absolute Gasteiger partial charge is 0.335 e. The molecule has 1 unspecified atom stereocenters. The normalized spacial score (nSPS) is 12.9. The monoisotopic (exact) mass is 521 g/mol. The number of carboxylic acid groups (broad SMARTS) is 1. The number of aromatic nitrogens is 1. The largest absolute Gasteiger partial charge is 0.478 e. The number of aromatic carboxylic acids is 1. The average molecular weight is 522 g/mol. The molecule has 0 amide bonds. The van der Waals surface area contributed by atoms with Crippen LogP contribution >= 0.6 is 0 Å². The van der Waals surface area contributed by atoms with E-state index in [1.54, 1.807) is 54.6 Å². The van der Waals surface area contributed by atoms with Crippen LogP contribution in [0.1, 0.15) is 42.3 Å². The SMILES string of the molecule is CC(C)(CCn1ccc2ccc(C(=O)O)cc21)NCC(O)c1cccc(NS(=O)(=O)c2ccccc2)c1. The molecule has 0 aliphatic heterocycles. The van der Waals surface area contributed by atoms with Crippen LogP contribution in [0.25, 0.3) is 10.9 Å². The number of nitrogens with one attached hydrogen (secondary N) is 2. The molecule has 4 N–H and O–H groups in total. The lowest BCUT2D eigenvalue weighted by atomic mass is 9.99. The first-order valence-corrected chi connectivity index (χ1v) is 13.5. The minimum atomic E-state index is -3.73. The molecule has 1 atom stereocenters. The molecule has 4 rings (SSSR count). The molecule has 37 heavy (non-hydrogen) atoms. The molecule has 1 heterocycles. The van der Waals surface area contributed by atoms with E-state index in [0.717, 1.165) is 17.3 Å². The topological polar surface area (TPSA) is 121 Å². The van der Waals surface area contributed by atoms with Crippen LogP contribution in [-0.4, -0.2) is 41.3 Å². The van der Waals surface area contributed by atoms with E-state index in [1.165, 1.54) is 12.1 Å². The van der Waals surface area contributed by atoms with E-state index >= 15 is 0 Å². The third kappa shape index (κ3) is 6.56. The van der Waals surface area contributed by atoms with E-state index in [1.807, 2.05) is 36.7 Å². The number of nitrogens with zero attached hydrogens (tertiary/aromatic N) is 1. The predicted octanol–water partition coefficient (Wildman–Crippen LogP) is 4.63. The van der Waals surface area contributed by atoms with Crippen LogP contribution in [0.15, 0.2) is 90.0 Å². The fourth-order valence-electron chi connectivity index (χ4n) is 4.11. The maximum Gasteiger partial charge on any atom is 0.335 e. The van der Waals surface area contributed by atoms with Gasteiger partial charge in [-0.2, -0.15) is 0 Å². The second kappa shape index (κ2) is 10.8. The van der Waals surface area contributed by atoms with Crippen molar-refractivity contribution >= 4 is 32.6 Å². The molecule has 0 radical (unpaired) electrons. The zero-order valence-corrected chi connectivity index (χ0v) is 21.6. The Morgan fingerprint density at radius 1 is 1.00 bits per heavy atom. The van der Waals surface area contributed by atoms with Gasteiger partial charge in [-0.05, 0) is 73.7 Å². The van der Waals surface area contributed by atoms with E-state index in [9.17, 15) is 23.4 Å². The number of rotatable bonds is 11. The quantitative estimate of drug-likeness (QED) is 0.228. The number of hydrogen-bond acceptors (Lipinski definition) is 5. The fourth-order valence-corrected chi connectivity index (χ4v) is 5.18. The Morgan fingerprint density at radius 2 is 1.76 bits per heavy atom. The van der Waals surface area contributed by atoms with Crippen molar-refractivity contribution in [2.75, 3.05) is 11.3 Å². The Hall–Kier alpha value is -3.66. The number of sulfonamides is 1. The summed E-state index contributed by atoms with van der Waals surface area (Å²) in [5.41, 5.74) is 1.76. The first kappa shape index (κ1) is 26.4. The highest BCUT2D eigenvalue weighted by molar-refractivity contribution is 7.92. The Labute approximate surface area is 216 Å². The molecular formula is C28H31N3O5S. The van der Waals surface area contributed by atoms with Gasteiger partial charge in [0.2, 0.25) is 0 Å². The van der Waals surface area contributed by atoms with Crippen LogP contribution in [0.5, 0.6) is 0 Å². The summed E-state index contributed by atoms with van der Waals surface area (Å²) in [7, 11) is -3.73. The molecule has 3 aromatic carbocycles. The van der Waals surface area contributed by atoms with Crippen molar-refractivity contribution in [3.8, 4) is 0 Å². The lowest BCUT2D eigenvalue weighted by Gasteiger charge is -2.28. The van der Waals surface area contributed by atoms with Crippen LogP contribution in [0.4, 0.5) is 5.69 Å². The number of carbonyl (C=O) groups is 1. The highest BCUT2D eigenvalue weighted by Crippen LogP contribution is 2.23. The van der Waals surface area contributed by atoms with Crippen LogP contribution < -0.4 is 10.0 Å². The van der Waals surface area contributed by atoms with Gasteiger partial charge in [0.15, 0.2) is 0 Å². The van der Waals surface area contributed by atoms with E-state index in [2.05, 4.69) is 10.0 Å². The first-order valence-electron chi connectivity index (χ1n) is 12.0. The Bertz CT molecular complexity index is 1500. The van der Waals surface area contributed by atoms with Crippen molar-refractivity contribution in [2.45, 2.75) is 43.4 Å². The molecule has 194 valence electrons. The summed E-state index contributed by atoms with van der Waals surface area (Å²) < 4.78 is 29.8. The summed E-state index contributed by atoms with van der Waals surface area (Å²) in [4.78, 5) is 11.5. The van der Waals surface area contributed by atoms with Crippen molar-refractivity contribution in [1.29, 1.82) is 0 Å². The lowest BCUT2D eigenvalue weighted by molar-refractivity contribution is 0.0697. The van der Waals surface area contributed by atoms with E-state index in [0.29, 0.717) is 17.8 Å². The van der Waals surface area contributed by atoms with Gasteiger partial charge in [0, 0.05) is 36.0 Å². The molecule has 0 aliphatic rings. The molecule has 0 aliphatic carbocycles. The molecule has 0 saturated heterocycles. The predicted molar refractivity (Wildman–Crippen MR) is 144 cm³/mol. The van der Waals surface area contributed by atoms with Crippen molar-refractivity contribution in [2.24, 2.45) is 0 Å². The fraction of sp³-hybridized carbons (Fsp3) is 0.250. The third-order valence-corrected chi connectivity index (χ3v) is 7.75. The molecule has 0 spiro atoms. The van der Waals surface area contributed by atoms with Gasteiger partial charge in [0.1, 0.15) is 0 Å². The second-order valence-electron chi connectivity index (χ2n) is 9.66. The molecule has 8 nitrogen and oxygen atoms in total. The maximum absolute atomic E-state index is 12.6. The zero-order valence-electron chi connectivity index (χ0n) is 20.8. The van der Waals surface area contributed by atoms with Gasteiger partial charge in [-0.15, -0.1) is 0 Å². The molecule has 0 bridgehead atoms. The average Bonchev–Trinajstić information content (AvgIpc) is 3.29. The van der Waals surface area contributed by atoms with Crippen molar-refractivity contribution in [3.63, 3.8) is 0 Å². The van der Waals surface area contributed by atoms with E-state index in [4.69, 9.17) is 0 Å². The molecule has 0 saturated carbocycles. The minimum absolute atomic E-state index is 0.166. The lowest BCUT2D eigenvalue weighted by Crippen LogP contribution is -2.42. The molecular weight excluding hydrogens is 490 g/mol. The summed E-state index contributed by atoms with van der Waals surface area (Å²) >= 11 is 0. The van der Waals surface area contributed by atoms with Crippen molar-refractivity contribution in [1.82, 2.24) is 9.88 Å². The van der Waals surface area contributed by atoms with Gasteiger partial charge < -0.3 is 20.1 Å². The molecule has 4 aromatic rings. The van der Waals surface area contributed by atoms with Gasteiger partial charge >= 0.3 is 5.97 Å². The highest BCUT2D eigenvalue weighted by Gasteiger charge is 2.20.